The number of ether oxygens (including phenoxy) is 1. The number of carbonyl (C=O) groups excluding carboxylic acids is 3. The maximum absolute atomic E-state index is 12.3. The van der Waals surface area contributed by atoms with Crippen LogP contribution in [0.2, 0.25) is 0 Å². The smallest absolute Gasteiger partial charge is 0.335 e. The molecule has 0 bridgehead atoms. The molecule has 0 aromatic rings. The van der Waals surface area contributed by atoms with E-state index in [-0.39, 0.29) is 42.4 Å². The lowest BCUT2D eigenvalue weighted by Gasteiger charge is -2.18. The molecule has 2 rings (SSSR count). The van der Waals surface area contributed by atoms with Crippen LogP contribution in [-0.4, -0.2) is 35.8 Å². The van der Waals surface area contributed by atoms with Crippen molar-refractivity contribution in [1.29, 1.82) is 0 Å². The molecule has 1 saturated heterocycles. The zero-order valence-electron chi connectivity index (χ0n) is 12.1. The van der Waals surface area contributed by atoms with Crippen molar-refractivity contribution in [2.75, 3.05) is 13.2 Å². The van der Waals surface area contributed by atoms with Gasteiger partial charge in [0, 0.05) is 5.57 Å². The van der Waals surface area contributed by atoms with Crippen LogP contribution in [0.4, 0.5) is 0 Å². The minimum Gasteiger partial charge on any atom is -0.463 e. The average Bonchev–Trinajstić information content (AvgIpc) is 2.94. The third-order valence-corrected chi connectivity index (χ3v) is 4.32. The van der Waals surface area contributed by atoms with Gasteiger partial charge >= 0.3 is 5.97 Å². The van der Waals surface area contributed by atoms with Crippen molar-refractivity contribution in [3.05, 3.63) is 12.2 Å². The number of carbonyl (C=O) groups is 3. The molecule has 20 heavy (non-hydrogen) atoms. The Morgan fingerprint density at radius 1 is 1.25 bits per heavy atom. The Morgan fingerprint density at radius 2 is 1.80 bits per heavy atom. The van der Waals surface area contributed by atoms with Crippen LogP contribution >= 0.6 is 0 Å². The van der Waals surface area contributed by atoms with Gasteiger partial charge in [0.25, 0.3) is 0 Å². The summed E-state index contributed by atoms with van der Waals surface area (Å²) in [5, 5.41) is 0. The number of nitrogens with zero attached hydrogens (tertiary/aromatic N) is 1. The van der Waals surface area contributed by atoms with Crippen LogP contribution in [0.15, 0.2) is 12.2 Å². The second kappa shape index (κ2) is 5.77. The molecule has 0 radical (unpaired) electrons. The third-order valence-electron chi connectivity index (χ3n) is 4.32. The molecule has 110 valence electrons. The predicted octanol–water partition coefficient (Wildman–Crippen LogP) is 1.53. The van der Waals surface area contributed by atoms with E-state index in [0.717, 1.165) is 19.3 Å². The Labute approximate surface area is 119 Å². The van der Waals surface area contributed by atoms with Gasteiger partial charge in [-0.2, -0.15) is 0 Å². The van der Waals surface area contributed by atoms with Crippen LogP contribution in [0.25, 0.3) is 0 Å². The number of amides is 2. The number of hydrogen-bond acceptors (Lipinski definition) is 4. The van der Waals surface area contributed by atoms with Crippen LogP contribution < -0.4 is 0 Å². The highest BCUT2D eigenvalue weighted by molar-refractivity contribution is 6.06. The Balaban J connectivity index is 2.02. The molecule has 2 amide bonds. The van der Waals surface area contributed by atoms with Gasteiger partial charge in [-0.15, -0.1) is 0 Å². The second-order valence-electron chi connectivity index (χ2n) is 5.55. The van der Waals surface area contributed by atoms with E-state index < -0.39 is 5.97 Å². The molecule has 5 nitrogen and oxygen atoms in total. The zero-order chi connectivity index (χ0) is 14.9. The van der Waals surface area contributed by atoms with E-state index in [0.29, 0.717) is 5.92 Å². The Morgan fingerprint density at radius 3 is 2.25 bits per heavy atom. The van der Waals surface area contributed by atoms with Gasteiger partial charge < -0.3 is 4.74 Å². The summed E-state index contributed by atoms with van der Waals surface area (Å²) in [6, 6.07) is 0. The van der Waals surface area contributed by atoms with E-state index in [9.17, 15) is 14.4 Å². The molecule has 1 aliphatic carbocycles. The van der Waals surface area contributed by atoms with Crippen LogP contribution in [0.1, 0.15) is 33.1 Å². The van der Waals surface area contributed by atoms with Crippen LogP contribution in [0.3, 0.4) is 0 Å². The summed E-state index contributed by atoms with van der Waals surface area (Å²) in [6.07, 6.45) is 2.57. The summed E-state index contributed by atoms with van der Waals surface area (Å²) in [5.41, 5.74) is 0.153. The third kappa shape index (κ3) is 2.49. The molecular weight excluding hydrogens is 258 g/mol. The number of likely N-dealkylation sites (tertiary alicyclic amines) is 1. The fourth-order valence-electron chi connectivity index (χ4n) is 3.18. The summed E-state index contributed by atoms with van der Waals surface area (Å²) in [7, 11) is 0. The maximum atomic E-state index is 12.3. The fraction of sp³-hybridized carbons (Fsp3) is 0.667. The Kier molecular flexibility index (Phi) is 4.26. The number of fused-ring (bicyclic) bond motifs is 1. The van der Waals surface area contributed by atoms with E-state index in [1.165, 1.54) is 4.90 Å². The molecule has 2 unspecified atom stereocenters. The predicted molar refractivity (Wildman–Crippen MR) is 72.5 cm³/mol. The fourth-order valence-corrected chi connectivity index (χ4v) is 3.18. The largest absolute Gasteiger partial charge is 0.463 e. The van der Waals surface area contributed by atoms with Gasteiger partial charge in [-0.05, 0) is 25.7 Å². The van der Waals surface area contributed by atoms with E-state index in [1.54, 1.807) is 6.92 Å². The molecule has 1 saturated carbocycles. The highest BCUT2D eigenvalue weighted by Crippen LogP contribution is 2.44. The standard InChI is InChI=1S/C15H21NO4/c1-4-10-6-11-12(7-10)14(18)16(13(11)17)8-9(3)15(19)20-5-2/h10-12H,3-8H2,1-2H3. The molecule has 0 aromatic carbocycles. The minimum atomic E-state index is -0.545. The Hall–Kier alpha value is -1.65. The normalized spacial score (nSPS) is 28.7. The zero-order valence-corrected chi connectivity index (χ0v) is 12.1. The van der Waals surface area contributed by atoms with Crippen molar-refractivity contribution >= 4 is 17.8 Å². The first-order chi connectivity index (χ1) is 9.49. The lowest BCUT2D eigenvalue weighted by atomic mass is 10.00. The number of rotatable bonds is 5. The molecule has 0 aromatic heterocycles. The first-order valence-corrected chi connectivity index (χ1v) is 7.19. The van der Waals surface area contributed by atoms with Gasteiger partial charge in [0.15, 0.2) is 0 Å². The van der Waals surface area contributed by atoms with E-state index in [1.807, 2.05) is 0 Å². The van der Waals surface area contributed by atoms with Gasteiger partial charge in [0.1, 0.15) is 0 Å². The van der Waals surface area contributed by atoms with Crippen molar-refractivity contribution in [1.82, 2.24) is 4.90 Å². The summed E-state index contributed by atoms with van der Waals surface area (Å²) in [4.78, 5) is 37.3. The average molecular weight is 279 g/mol. The summed E-state index contributed by atoms with van der Waals surface area (Å²) in [6.45, 7) is 7.61. The van der Waals surface area contributed by atoms with E-state index in [2.05, 4.69) is 13.5 Å². The van der Waals surface area contributed by atoms with Crippen molar-refractivity contribution in [3.63, 3.8) is 0 Å². The first kappa shape index (κ1) is 14.8. The van der Waals surface area contributed by atoms with Crippen LogP contribution in [0.5, 0.6) is 0 Å². The van der Waals surface area contributed by atoms with Gasteiger partial charge in [-0.1, -0.05) is 19.9 Å². The summed E-state index contributed by atoms with van der Waals surface area (Å²) in [5.74, 6) is -0.766. The van der Waals surface area contributed by atoms with Crippen molar-refractivity contribution < 1.29 is 19.1 Å². The van der Waals surface area contributed by atoms with Crippen LogP contribution in [0, 0.1) is 17.8 Å². The molecular formula is C15H21NO4. The molecule has 2 aliphatic rings. The van der Waals surface area contributed by atoms with Gasteiger partial charge in [0.05, 0.1) is 25.0 Å². The highest BCUT2D eigenvalue weighted by atomic mass is 16.5. The van der Waals surface area contributed by atoms with Crippen molar-refractivity contribution in [3.8, 4) is 0 Å². The van der Waals surface area contributed by atoms with E-state index in [4.69, 9.17) is 4.74 Å². The molecule has 0 N–H and O–H groups in total. The molecule has 1 aliphatic heterocycles. The van der Waals surface area contributed by atoms with Crippen molar-refractivity contribution in [2.24, 2.45) is 17.8 Å². The SMILES string of the molecule is C=C(CN1C(=O)C2CC(CC)CC2C1=O)C(=O)OCC. The monoisotopic (exact) mass is 279 g/mol. The first-order valence-electron chi connectivity index (χ1n) is 7.19. The summed E-state index contributed by atoms with van der Waals surface area (Å²) >= 11 is 0. The number of esters is 1. The van der Waals surface area contributed by atoms with Gasteiger partial charge in [-0.25, -0.2) is 4.79 Å². The van der Waals surface area contributed by atoms with E-state index >= 15 is 0 Å². The highest BCUT2D eigenvalue weighted by Gasteiger charge is 2.52. The molecule has 1 heterocycles. The van der Waals surface area contributed by atoms with Crippen molar-refractivity contribution in [2.45, 2.75) is 33.1 Å². The number of imide groups is 1. The molecule has 2 atom stereocenters. The summed E-state index contributed by atoms with van der Waals surface area (Å²) < 4.78 is 4.83. The Bertz CT molecular complexity index is 433. The van der Waals surface area contributed by atoms with Crippen LogP contribution in [-0.2, 0) is 19.1 Å². The quantitative estimate of drug-likeness (QED) is 0.435. The number of hydrogen-bond donors (Lipinski definition) is 0. The van der Waals surface area contributed by atoms with Gasteiger partial charge in [-0.3, -0.25) is 14.5 Å². The minimum absolute atomic E-state index is 0.0414. The molecule has 5 heteroatoms. The lowest BCUT2D eigenvalue weighted by molar-refractivity contribution is -0.141. The molecule has 2 fully saturated rings. The maximum Gasteiger partial charge on any atom is 0.335 e. The lowest BCUT2D eigenvalue weighted by Crippen LogP contribution is -2.35. The topological polar surface area (TPSA) is 63.7 Å². The van der Waals surface area contributed by atoms with Gasteiger partial charge in [0.2, 0.25) is 11.8 Å². The second-order valence-corrected chi connectivity index (χ2v) is 5.55. The molecule has 0 spiro atoms.